The predicted molar refractivity (Wildman–Crippen MR) is 63.0 cm³/mol. The molecule has 0 spiro atoms. The number of nitrogens with one attached hydrogen (secondary N) is 1. The van der Waals surface area contributed by atoms with Gasteiger partial charge in [0.15, 0.2) is 0 Å². The topological polar surface area (TPSA) is 29.3 Å². The summed E-state index contributed by atoms with van der Waals surface area (Å²) in [6.07, 6.45) is 3.00. The number of halogens is 1. The van der Waals surface area contributed by atoms with Gasteiger partial charge in [0.2, 0.25) is 0 Å². The summed E-state index contributed by atoms with van der Waals surface area (Å²) in [6.45, 7) is 2.25. The zero-order valence-corrected chi connectivity index (χ0v) is 9.87. The molecule has 0 saturated carbocycles. The minimum absolute atomic E-state index is 0.753. The highest BCUT2D eigenvalue weighted by Gasteiger charge is 2.19. The lowest BCUT2D eigenvalue weighted by Gasteiger charge is -2.26. The molecule has 0 aliphatic carbocycles. The molecule has 0 aromatic carbocycles. The second-order valence-electron chi connectivity index (χ2n) is 4.01. The summed E-state index contributed by atoms with van der Waals surface area (Å²) < 4.78 is 3.26. The van der Waals surface area contributed by atoms with Crippen molar-refractivity contribution in [1.82, 2.24) is 14.7 Å². The van der Waals surface area contributed by atoms with E-state index in [1.54, 1.807) is 0 Å². The normalized spacial score (nSPS) is 16.9. The van der Waals surface area contributed by atoms with Gasteiger partial charge in [-0.1, -0.05) is 6.07 Å². The van der Waals surface area contributed by atoms with Crippen LogP contribution in [0.25, 0.3) is 5.52 Å². The summed E-state index contributed by atoms with van der Waals surface area (Å²) in [4.78, 5) is 4.48. The number of imidazole rings is 1. The molecule has 15 heavy (non-hydrogen) atoms. The van der Waals surface area contributed by atoms with E-state index >= 15 is 0 Å². The van der Waals surface area contributed by atoms with Crippen molar-refractivity contribution in [3.63, 3.8) is 0 Å². The molecule has 3 heterocycles. The van der Waals surface area contributed by atoms with Crippen molar-refractivity contribution in [1.29, 1.82) is 0 Å². The summed E-state index contributed by atoms with van der Waals surface area (Å²) in [5.41, 5.74) is 1.16. The molecule has 0 bridgehead atoms. The number of fused-ring (bicyclic) bond motifs is 1. The average molecular weight is 266 g/mol. The molecular weight excluding hydrogens is 254 g/mol. The monoisotopic (exact) mass is 265 g/mol. The average Bonchev–Trinajstić information content (AvgIpc) is 2.56. The molecule has 1 N–H and O–H groups in total. The van der Waals surface area contributed by atoms with Crippen LogP contribution in [0.3, 0.4) is 0 Å². The molecule has 78 valence electrons. The lowest BCUT2D eigenvalue weighted by Crippen LogP contribution is -2.43. The molecule has 1 fully saturated rings. The van der Waals surface area contributed by atoms with E-state index in [1.807, 2.05) is 12.3 Å². The number of aromatic nitrogens is 2. The van der Waals surface area contributed by atoms with Crippen molar-refractivity contribution in [3.8, 4) is 0 Å². The van der Waals surface area contributed by atoms with E-state index in [1.165, 1.54) is 0 Å². The highest BCUT2D eigenvalue weighted by molar-refractivity contribution is 9.10. The number of nitrogens with zero attached hydrogens (tertiary/aromatic N) is 2. The van der Waals surface area contributed by atoms with Crippen molar-refractivity contribution in [2.75, 3.05) is 13.1 Å². The van der Waals surface area contributed by atoms with E-state index in [-0.39, 0.29) is 0 Å². The molecule has 4 heteroatoms. The van der Waals surface area contributed by atoms with Gasteiger partial charge >= 0.3 is 0 Å². The van der Waals surface area contributed by atoms with Crippen molar-refractivity contribution in [2.24, 2.45) is 5.92 Å². The van der Waals surface area contributed by atoms with Gasteiger partial charge < -0.3 is 5.32 Å². The van der Waals surface area contributed by atoms with Crippen molar-refractivity contribution < 1.29 is 0 Å². The Morgan fingerprint density at radius 3 is 3.07 bits per heavy atom. The fourth-order valence-corrected chi connectivity index (χ4v) is 2.53. The Kier molecular flexibility index (Phi) is 2.25. The molecule has 2 aromatic heterocycles. The van der Waals surface area contributed by atoms with Gasteiger partial charge in [-0.3, -0.25) is 4.40 Å². The standard InChI is InChI=1S/C11H12BrN3/c12-10-3-1-2-9-7-14-11(15(9)10)4-8-5-13-6-8/h1-3,7-8,13H,4-6H2. The van der Waals surface area contributed by atoms with E-state index in [2.05, 4.69) is 42.8 Å². The molecule has 0 unspecified atom stereocenters. The van der Waals surface area contributed by atoms with E-state index in [0.29, 0.717) is 0 Å². The third-order valence-electron chi connectivity index (χ3n) is 2.91. The van der Waals surface area contributed by atoms with Crippen LogP contribution in [0.2, 0.25) is 0 Å². The van der Waals surface area contributed by atoms with E-state index < -0.39 is 0 Å². The van der Waals surface area contributed by atoms with Gasteiger partial charge in [0, 0.05) is 6.42 Å². The largest absolute Gasteiger partial charge is 0.316 e. The minimum Gasteiger partial charge on any atom is -0.316 e. The van der Waals surface area contributed by atoms with Gasteiger partial charge in [-0.2, -0.15) is 0 Å². The molecular formula is C11H12BrN3. The Labute approximate surface area is 96.6 Å². The Balaban J connectivity index is 2.02. The fraction of sp³-hybridized carbons (Fsp3) is 0.364. The van der Waals surface area contributed by atoms with E-state index in [4.69, 9.17) is 0 Å². The van der Waals surface area contributed by atoms with E-state index in [0.717, 1.165) is 41.4 Å². The molecule has 3 nitrogen and oxygen atoms in total. The van der Waals surface area contributed by atoms with Gasteiger partial charge in [-0.05, 0) is 47.1 Å². The molecule has 3 rings (SSSR count). The highest BCUT2D eigenvalue weighted by Crippen LogP contribution is 2.19. The summed E-state index contributed by atoms with van der Waals surface area (Å²) in [5.74, 6) is 1.91. The third kappa shape index (κ3) is 1.58. The Hall–Kier alpha value is -0.870. The number of hydrogen-bond donors (Lipinski definition) is 1. The lowest BCUT2D eigenvalue weighted by molar-refractivity contribution is 0.340. The summed E-state index contributed by atoms with van der Waals surface area (Å²) in [5, 5.41) is 3.29. The molecule has 1 saturated heterocycles. The molecule has 0 radical (unpaired) electrons. The number of rotatable bonds is 2. The first-order valence-electron chi connectivity index (χ1n) is 5.16. The Morgan fingerprint density at radius 1 is 1.47 bits per heavy atom. The zero-order valence-electron chi connectivity index (χ0n) is 8.28. The summed E-state index contributed by atoms with van der Waals surface area (Å²) in [7, 11) is 0. The fourth-order valence-electron chi connectivity index (χ4n) is 1.96. The van der Waals surface area contributed by atoms with Gasteiger partial charge in [0.1, 0.15) is 5.82 Å². The number of pyridine rings is 1. The maximum absolute atomic E-state index is 4.48. The van der Waals surface area contributed by atoms with Crippen LogP contribution in [0.15, 0.2) is 29.0 Å². The molecule has 2 aromatic rings. The maximum atomic E-state index is 4.48. The molecule has 0 amide bonds. The predicted octanol–water partition coefficient (Wildman–Crippen LogP) is 1.86. The molecule has 1 aliphatic rings. The van der Waals surface area contributed by atoms with Crippen LogP contribution in [0.4, 0.5) is 0 Å². The maximum Gasteiger partial charge on any atom is 0.114 e. The Bertz CT molecular complexity index is 488. The first kappa shape index (κ1) is 9.36. The van der Waals surface area contributed by atoms with Crippen LogP contribution in [0.1, 0.15) is 5.82 Å². The first-order chi connectivity index (χ1) is 7.34. The lowest BCUT2D eigenvalue weighted by atomic mass is 9.99. The minimum atomic E-state index is 0.753. The van der Waals surface area contributed by atoms with Crippen LogP contribution in [-0.2, 0) is 6.42 Å². The van der Waals surface area contributed by atoms with Gasteiger partial charge in [-0.15, -0.1) is 0 Å². The van der Waals surface area contributed by atoms with Crippen molar-refractivity contribution >= 4 is 21.4 Å². The smallest absolute Gasteiger partial charge is 0.114 e. The second kappa shape index (κ2) is 3.61. The SMILES string of the molecule is Brc1cccc2cnc(CC3CNC3)n12. The summed E-state index contributed by atoms with van der Waals surface area (Å²) >= 11 is 3.56. The van der Waals surface area contributed by atoms with Gasteiger partial charge in [0.05, 0.1) is 16.3 Å². The highest BCUT2D eigenvalue weighted by atomic mass is 79.9. The van der Waals surface area contributed by atoms with Crippen LogP contribution in [-0.4, -0.2) is 22.5 Å². The first-order valence-corrected chi connectivity index (χ1v) is 5.95. The Morgan fingerprint density at radius 2 is 2.33 bits per heavy atom. The van der Waals surface area contributed by atoms with Crippen LogP contribution in [0.5, 0.6) is 0 Å². The van der Waals surface area contributed by atoms with Crippen molar-refractivity contribution in [3.05, 3.63) is 34.8 Å². The second-order valence-corrected chi connectivity index (χ2v) is 4.82. The van der Waals surface area contributed by atoms with Crippen LogP contribution >= 0.6 is 15.9 Å². The zero-order chi connectivity index (χ0) is 10.3. The third-order valence-corrected chi connectivity index (χ3v) is 3.53. The summed E-state index contributed by atoms with van der Waals surface area (Å²) in [6, 6.07) is 6.17. The van der Waals surface area contributed by atoms with Crippen LogP contribution in [0, 0.1) is 5.92 Å². The molecule has 0 atom stereocenters. The van der Waals surface area contributed by atoms with E-state index in [9.17, 15) is 0 Å². The van der Waals surface area contributed by atoms with Crippen LogP contribution < -0.4 is 5.32 Å². The molecule has 1 aliphatic heterocycles. The van der Waals surface area contributed by atoms with Gasteiger partial charge in [0.25, 0.3) is 0 Å². The quantitative estimate of drug-likeness (QED) is 0.841. The number of hydrogen-bond acceptors (Lipinski definition) is 2. The van der Waals surface area contributed by atoms with Gasteiger partial charge in [-0.25, -0.2) is 4.98 Å². The van der Waals surface area contributed by atoms with Crippen molar-refractivity contribution in [2.45, 2.75) is 6.42 Å².